The molecule has 0 saturated carbocycles. The maximum absolute atomic E-state index is 11.0. The van der Waals surface area contributed by atoms with Crippen molar-refractivity contribution in [3.8, 4) is 0 Å². The minimum absolute atomic E-state index is 0.0717. The zero-order valence-electron chi connectivity index (χ0n) is 10.9. The van der Waals surface area contributed by atoms with Crippen molar-refractivity contribution >= 4 is 21.6 Å². The van der Waals surface area contributed by atoms with Crippen molar-refractivity contribution in [3.63, 3.8) is 0 Å². The van der Waals surface area contributed by atoms with E-state index in [0.717, 1.165) is 0 Å². The molecular formula is C12H17BrN2O4. The Labute approximate surface area is 120 Å². The van der Waals surface area contributed by atoms with Crippen LogP contribution in [0.5, 0.6) is 0 Å². The second-order valence-corrected chi connectivity index (χ2v) is 5.25. The topological polar surface area (TPSA) is 75.8 Å². The molecule has 1 atom stereocenters. The summed E-state index contributed by atoms with van der Waals surface area (Å²) < 4.78 is 5.51. The number of hydrogen-bond acceptors (Lipinski definition) is 5. The van der Waals surface area contributed by atoms with Crippen LogP contribution in [-0.4, -0.2) is 48.3 Å². The van der Waals surface area contributed by atoms with E-state index in [1.807, 2.05) is 4.90 Å². The molecule has 1 aromatic rings. The van der Waals surface area contributed by atoms with E-state index in [1.54, 1.807) is 19.2 Å². The van der Waals surface area contributed by atoms with Crippen LogP contribution in [0, 0.1) is 10.1 Å². The van der Waals surface area contributed by atoms with Gasteiger partial charge in [0, 0.05) is 36.3 Å². The molecule has 0 amide bonds. The van der Waals surface area contributed by atoms with Crippen molar-refractivity contribution in [2.75, 3.05) is 27.3 Å². The van der Waals surface area contributed by atoms with Crippen LogP contribution in [0.2, 0.25) is 0 Å². The van der Waals surface area contributed by atoms with Crippen LogP contribution >= 0.6 is 15.9 Å². The lowest BCUT2D eigenvalue weighted by atomic mass is 10.1. The van der Waals surface area contributed by atoms with Gasteiger partial charge < -0.3 is 9.84 Å². The predicted molar refractivity (Wildman–Crippen MR) is 75.0 cm³/mol. The summed E-state index contributed by atoms with van der Waals surface area (Å²) >= 11 is 3.22. The average molecular weight is 333 g/mol. The van der Waals surface area contributed by atoms with Gasteiger partial charge in [-0.3, -0.25) is 15.0 Å². The number of aliphatic hydroxyl groups excluding tert-OH is 1. The van der Waals surface area contributed by atoms with E-state index in [4.69, 9.17) is 4.74 Å². The predicted octanol–water partition coefficient (Wildman–Crippen LogP) is 1.80. The van der Waals surface area contributed by atoms with E-state index < -0.39 is 11.0 Å². The Morgan fingerprint density at radius 2 is 2.26 bits per heavy atom. The van der Waals surface area contributed by atoms with Gasteiger partial charge in [0.2, 0.25) is 0 Å². The molecule has 0 radical (unpaired) electrons. The molecule has 1 unspecified atom stereocenters. The zero-order chi connectivity index (χ0) is 14.4. The summed E-state index contributed by atoms with van der Waals surface area (Å²) in [4.78, 5) is 12.4. The lowest BCUT2D eigenvalue weighted by Crippen LogP contribution is -2.31. The fraction of sp³-hybridized carbons (Fsp3) is 0.500. The van der Waals surface area contributed by atoms with Gasteiger partial charge in [0.1, 0.15) is 0 Å². The van der Waals surface area contributed by atoms with Gasteiger partial charge >= 0.3 is 0 Å². The number of benzene rings is 1. The Morgan fingerprint density at radius 1 is 1.58 bits per heavy atom. The number of aliphatic hydroxyl groups is 1. The average Bonchev–Trinajstić information content (AvgIpc) is 2.31. The molecule has 1 N–H and O–H groups in total. The normalized spacial score (nSPS) is 12.7. The van der Waals surface area contributed by atoms with Crippen LogP contribution in [0.1, 0.15) is 5.56 Å². The Balaban J connectivity index is 2.73. The van der Waals surface area contributed by atoms with Crippen LogP contribution in [0.15, 0.2) is 22.7 Å². The molecule has 0 fully saturated rings. The lowest BCUT2D eigenvalue weighted by molar-refractivity contribution is -0.385. The summed E-state index contributed by atoms with van der Waals surface area (Å²) in [6.45, 7) is 1.03. The lowest BCUT2D eigenvalue weighted by Gasteiger charge is -2.20. The summed E-state index contributed by atoms with van der Waals surface area (Å²) in [5, 5.41) is 20.6. The van der Waals surface area contributed by atoms with Crippen LogP contribution in [-0.2, 0) is 11.3 Å². The number of nitro benzene ring substituents is 1. The molecule has 0 saturated heterocycles. The fourth-order valence-electron chi connectivity index (χ4n) is 1.80. The molecule has 0 aliphatic rings. The number of ether oxygens (including phenoxy) is 1. The molecule has 1 rings (SSSR count). The van der Waals surface area contributed by atoms with Crippen molar-refractivity contribution in [2.45, 2.75) is 12.6 Å². The second-order valence-electron chi connectivity index (χ2n) is 4.34. The summed E-state index contributed by atoms with van der Waals surface area (Å²) in [5.41, 5.74) is 0.683. The van der Waals surface area contributed by atoms with Gasteiger partial charge in [-0.15, -0.1) is 0 Å². The quantitative estimate of drug-likeness (QED) is 0.608. The maximum Gasteiger partial charge on any atom is 0.275 e. The molecule has 19 heavy (non-hydrogen) atoms. The summed E-state index contributed by atoms with van der Waals surface area (Å²) in [7, 11) is 3.31. The third-order valence-electron chi connectivity index (χ3n) is 2.57. The molecule has 0 heterocycles. The van der Waals surface area contributed by atoms with Crippen LogP contribution in [0.3, 0.4) is 0 Å². The number of methoxy groups -OCH3 is 1. The first-order chi connectivity index (χ1) is 8.93. The van der Waals surface area contributed by atoms with E-state index in [-0.39, 0.29) is 12.3 Å². The first kappa shape index (κ1) is 16.0. The summed E-state index contributed by atoms with van der Waals surface area (Å²) in [5.74, 6) is 0. The molecule has 0 bridgehead atoms. The van der Waals surface area contributed by atoms with Crippen molar-refractivity contribution < 1.29 is 14.8 Å². The highest BCUT2D eigenvalue weighted by atomic mass is 79.9. The molecule has 1 aromatic carbocycles. The van der Waals surface area contributed by atoms with Gasteiger partial charge in [0.25, 0.3) is 5.69 Å². The van der Waals surface area contributed by atoms with Gasteiger partial charge in [-0.1, -0.05) is 15.9 Å². The number of halogens is 1. The van der Waals surface area contributed by atoms with Crippen molar-refractivity contribution in [1.29, 1.82) is 0 Å². The van der Waals surface area contributed by atoms with Gasteiger partial charge in [-0.05, 0) is 19.2 Å². The minimum Gasteiger partial charge on any atom is -0.389 e. The summed E-state index contributed by atoms with van der Waals surface area (Å²) in [6, 6.07) is 4.96. The Bertz CT molecular complexity index is 442. The SMILES string of the molecule is COCC(O)CN(C)Cc1ccc(Br)cc1[N+](=O)[O-]. The maximum atomic E-state index is 11.0. The van der Waals surface area contributed by atoms with Crippen LogP contribution < -0.4 is 0 Å². The number of rotatable bonds is 7. The smallest absolute Gasteiger partial charge is 0.275 e. The third kappa shape index (κ3) is 5.23. The molecular weight excluding hydrogens is 316 g/mol. The minimum atomic E-state index is -0.607. The standard InChI is InChI=1S/C12H17BrN2O4/c1-14(7-11(16)8-19-2)6-9-3-4-10(13)5-12(9)15(17)18/h3-5,11,16H,6-8H2,1-2H3. The molecule has 0 spiro atoms. The monoisotopic (exact) mass is 332 g/mol. The second kappa shape index (κ2) is 7.54. The molecule has 106 valence electrons. The fourth-order valence-corrected chi connectivity index (χ4v) is 2.15. The third-order valence-corrected chi connectivity index (χ3v) is 3.06. The van der Waals surface area contributed by atoms with E-state index in [9.17, 15) is 15.2 Å². The van der Waals surface area contributed by atoms with Crippen molar-refractivity contribution in [2.24, 2.45) is 0 Å². The van der Waals surface area contributed by atoms with E-state index in [0.29, 0.717) is 23.1 Å². The number of nitro groups is 1. The highest BCUT2D eigenvalue weighted by Gasteiger charge is 2.16. The number of hydrogen-bond donors (Lipinski definition) is 1. The van der Waals surface area contributed by atoms with Crippen LogP contribution in [0.25, 0.3) is 0 Å². The van der Waals surface area contributed by atoms with Crippen molar-refractivity contribution in [3.05, 3.63) is 38.3 Å². The Hall–Kier alpha value is -1.02. The Morgan fingerprint density at radius 3 is 2.84 bits per heavy atom. The van der Waals surface area contributed by atoms with Crippen LogP contribution in [0.4, 0.5) is 5.69 Å². The molecule has 0 aliphatic heterocycles. The number of nitrogens with zero attached hydrogens (tertiary/aromatic N) is 2. The highest BCUT2D eigenvalue weighted by Crippen LogP contribution is 2.24. The van der Waals surface area contributed by atoms with Gasteiger partial charge in [0.05, 0.1) is 17.6 Å². The van der Waals surface area contributed by atoms with E-state index >= 15 is 0 Å². The first-order valence-corrected chi connectivity index (χ1v) is 6.51. The Kier molecular flexibility index (Phi) is 6.36. The van der Waals surface area contributed by atoms with Gasteiger partial charge in [-0.25, -0.2) is 0 Å². The highest BCUT2D eigenvalue weighted by molar-refractivity contribution is 9.10. The van der Waals surface area contributed by atoms with Gasteiger partial charge in [0.15, 0.2) is 0 Å². The number of likely N-dealkylation sites (N-methyl/N-ethyl adjacent to an activating group) is 1. The first-order valence-electron chi connectivity index (χ1n) is 5.72. The molecule has 7 heteroatoms. The summed E-state index contributed by atoms with van der Waals surface area (Å²) in [6.07, 6.45) is -0.607. The molecule has 0 aromatic heterocycles. The molecule has 6 nitrogen and oxygen atoms in total. The largest absolute Gasteiger partial charge is 0.389 e. The zero-order valence-corrected chi connectivity index (χ0v) is 12.5. The van der Waals surface area contributed by atoms with E-state index in [2.05, 4.69) is 15.9 Å². The van der Waals surface area contributed by atoms with E-state index in [1.165, 1.54) is 13.2 Å². The van der Waals surface area contributed by atoms with Gasteiger partial charge in [-0.2, -0.15) is 0 Å². The molecule has 0 aliphatic carbocycles. The van der Waals surface area contributed by atoms with Crippen molar-refractivity contribution in [1.82, 2.24) is 4.90 Å².